The largest absolute Gasteiger partial charge is 0.489 e. The van der Waals surface area contributed by atoms with Gasteiger partial charge in [0.15, 0.2) is 0 Å². The zero-order valence-electron chi connectivity index (χ0n) is 11.8. The van der Waals surface area contributed by atoms with Crippen LogP contribution < -0.4 is 10.5 Å². The molecule has 2 heteroatoms. The predicted molar refractivity (Wildman–Crippen MR) is 79.3 cm³/mol. The van der Waals surface area contributed by atoms with E-state index < -0.39 is 0 Å². The summed E-state index contributed by atoms with van der Waals surface area (Å²) in [6, 6.07) is 14.5. The van der Waals surface area contributed by atoms with Crippen LogP contribution in [-0.4, -0.2) is 0 Å². The number of aryl methyl sites for hydroxylation is 2. The Morgan fingerprint density at radius 3 is 2.37 bits per heavy atom. The number of nitrogens with two attached hydrogens (primary N) is 1. The third kappa shape index (κ3) is 3.58. The lowest BCUT2D eigenvalue weighted by atomic mass is 10.1. The van der Waals surface area contributed by atoms with Gasteiger partial charge in [0.1, 0.15) is 12.4 Å². The van der Waals surface area contributed by atoms with Crippen LogP contribution in [0.3, 0.4) is 0 Å². The van der Waals surface area contributed by atoms with Gasteiger partial charge in [-0.15, -0.1) is 0 Å². The molecule has 19 heavy (non-hydrogen) atoms. The van der Waals surface area contributed by atoms with Crippen LogP contribution in [0, 0.1) is 13.8 Å². The van der Waals surface area contributed by atoms with Crippen LogP contribution in [0.5, 0.6) is 5.75 Å². The maximum atomic E-state index is 5.82. The predicted octanol–water partition coefficient (Wildman–Crippen LogP) is 3.90. The number of benzene rings is 2. The summed E-state index contributed by atoms with van der Waals surface area (Å²) in [7, 11) is 0. The summed E-state index contributed by atoms with van der Waals surface area (Å²) in [4.78, 5) is 0. The standard InChI is InChI=1S/C17H21NO/c1-12-4-5-13(2)16(10-12)11-19-17-8-6-15(7-9-17)14(3)18/h4-10,14H,11,18H2,1-3H3. The summed E-state index contributed by atoms with van der Waals surface area (Å²) >= 11 is 0. The summed E-state index contributed by atoms with van der Waals surface area (Å²) in [6.45, 7) is 6.79. The van der Waals surface area contributed by atoms with Gasteiger partial charge in [-0.05, 0) is 49.6 Å². The number of hydrogen-bond acceptors (Lipinski definition) is 2. The second kappa shape index (κ2) is 5.89. The molecule has 2 aromatic carbocycles. The summed E-state index contributed by atoms with van der Waals surface area (Å²) in [5.41, 5.74) is 10.7. The maximum absolute atomic E-state index is 5.82. The van der Waals surface area contributed by atoms with E-state index in [2.05, 4.69) is 32.0 Å². The smallest absolute Gasteiger partial charge is 0.119 e. The van der Waals surface area contributed by atoms with Gasteiger partial charge in [-0.25, -0.2) is 0 Å². The molecule has 2 N–H and O–H groups in total. The highest BCUT2D eigenvalue weighted by Gasteiger charge is 2.02. The second-order valence-electron chi connectivity index (χ2n) is 5.08. The Labute approximate surface area is 115 Å². The van der Waals surface area contributed by atoms with Gasteiger partial charge >= 0.3 is 0 Å². The van der Waals surface area contributed by atoms with Crippen LogP contribution in [-0.2, 0) is 6.61 Å². The van der Waals surface area contributed by atoms with Crippen molar-refractivity contribution < 1.29 is 4.74 Å². The van der Waals surface area contributed by atoms with E-state index in [1.807, 2.05) is 31.2 Å². The second-order valence-corrected chi connectivity index (χ2v) is 5.08. The highest BCUT2D eigenvalue weighted by molar-refractivity contribution is 5.32. The van der Waals surface area contributed by atoms with Gasteiger partial charge in [0.2, 0.25) is 0 Å². The minimum Gasteiger partial charge on any atom is -0.489 e. The van der Waals surface area contributed by atoms with Crippen LogP contribution in [0.15, 0.2) is 42.5 Å². The average molecular weight is 255 g/mol. The van der Waals surface area contributed by atoms with Gasteiger partial charge in [0.05, 0.1) is 0 Å². The van der Waals surface area contributed by atoms with E-state index in [1.54, 1.807) is 0 Å². The normalized spacial score (nSPS) is 12.2. The molecule has 100 valence electrons. The van der Waals surface area contributed by atoms with E-state index in [-0.39, 0.29) is 6.04 Å². The van der Waals surface area contributed by atoms with Crippen LogP contribution in [0.4, 0.5) is 0 Å². The topological polar surface area (TPSA) is 35.2 Å². The van der Waals surface area contributed by atoms with Crippen molar-refractivity contribution in [3.05, 3.63) is 64.7 Å². The number of hydrogen-bond donors (Lipinski definition) is 1. The molecule has 0 saturated heterocycles. The molecule has 2 nitrogen and oxygen atoms in total. The lowest BCUT2D eigenvalue weighted by Gasteiger charge is -2.11. The molecule has 0 spiro atoms. The Morgan fingerprint density at radius 2 is 1.74 bits per heavy atom. The third-order valence-corrected chi connectivity index (χ3v) is 3.30. The first kappa shape index (κ1) is 13.6. The van der Waals surface area contributed by atoms with Gasteiger partial charge in [-0.2, -0.15) is 0 Å². The van der Waals surface area contributed by atoms with Crippen LogP contribution in [0.1, 0.15) is 35.2 Å². The van der Waals surface area contributed by atoms with Crippen LogP contribution in [0.25, 0.3) is 0 Å². The van der Waals surface area contributed by atoms with Crippen molar-refractivity contribution in [2.45, 2.75) is 33.4 Å². The molecule has 0 amide bonds. The van der Waals surface area contributed by atoms with E-state index in [0.717, 1.165) is 11.3 Å². The molecule has 0 aliphatic rings. The molecule has 0 radical (unpaired) electrons. The summed E-state index contributed by atoms with van der Waals surface area (Å²) in [5.74, 6) is 0.880. The fourth-order valence-electron chi connectivity index (χ4n) is 1.98. The Balaban J connectivity index is 2.04. The van der Waals surface area contributed by atoms with Crippen molar-refractivity contribution in [1.82, 2.24) is 0 Å². The summed E-state index contributed by atoms with van der Waals surface area (Å²) < 4.78 is 5.82. The van der Waals surface area contributed by atoms with E-state index >= 15 is 0 Å². The monoisotopic (exact) mass is 255 g/mol. The minimum atomic E-state index is 0.0630. The van der Waals surface area contributed by atoms with E-state index in [0.29, 0.717) is 6.61 Å². The molecule has 0 fully saturated rings. The van der Waals surface area contributed by atoms with Crippen molar-refractivity contribution >= 4 is 0 Å². The Kier molecular flexibility index (Phi) is 4.23. The van der Waals surface area contributed by atoms with Gasteiger partial charge in [-0.3, -0.25) is 0 Å². The van der Waals surface area contributed by atoms with Gasteiger partial charge in [0, 0.05) is 6.04 Å². The summed E-state index contributed by atoms with van der Waals surface area (Å²) in [6.07, 6.45) is 0. The minimum absolute atomic E-state index is 0.0630. The van der Waals surface area contributed by atoms with Crippen LogP contribution in [0.2, 0.25) is 0 Å². The molecular weight excluding hydrogens is 234 g/mol. The maximum Gasteiger partial charge on any atom is 0.119 e. The molecule has 0 aliphatic carbocycles. The van der Waals surface area contributed by atoms with Crippen molar-refractivity contribution in [2.75, 3.05) is 0 Å². The molecule has 0 bridgehead atoms. The molecular formula is C17H21NO. The van der Waals surface area contributed by atoms with Crippen LogP contribution >= 0.6 is 0 Å². The lowest BCUT2D eigenvalue weighted by Crippen LogP contribution is -2.04. The highest BCUT2D eigenvalue weighted by atomic mass is 16.5. The fourth-order valence-corrected chi connectivity index (χ4v) is 1.98. The zero-order valence-corrected chi connectivity index (χ0v) is 11.8. The molecule has 1 atom stereocenters. The highest BCUT2D eigenvalue weighted by Crippen LogP contribution is 2.18. The van der Waals surface area contributed by atoms with Crippen molar-refractivity contribution in [1.29, 1.82) is 0 Å². The molecule has 0 heterocycles. The first-order valence-corrected chi connectivity index (χ1v) is 6.61. The Hall–Kier alpha value is -1.80. The zero-order chi connectivity index (χ0) is 13.8. The molecule has 1 unspecified atom stereocenters. The van der Waals surface area contributed by atoms with Crippen molar-refractivity contribution in [3.63, 3.8) is 0 Å². The average Bonchev–Trinajstić information content (AvgIpc) is 2.40. The van der Waals surface area contributed by atoms with E-state index in [9.17, 15) is 0 Å². The van der Waals surface area contributed by atoms with Crippen molar-refractivity contribution in [2.24, 2.45) is 5.73 Å². The Bertz CT molecular complexity index is 544. The number of ether oxygens (including phenoxy) is 1. The van der Waals surface area contributed by atoms with E-state index in [1.165, 1.54) is 16.7 Å². The lowest BCUT2D eigenvalue weighted by molar-refractivity contribution is 0.305. The number of rotatable bonds is 4. The molecule has 0 saturated carbocycles. The van der Waals surface area contributed by atoms with Gasteiger partial charge in [-0.1, -0.05) is 35.9 Å². The SMILES string of the molecule is Cc1ccc(C)c(COc2ccc(C(C)N)cc2)c1. The third-order valence-electron chi connectivity index (χ3n) is 3.30. The van der Waals surface area contributed by atoms with Gasteiger partial charge in [0.25, 0.3) is 0 Å². The molecule has 2 aromatic rings. The molecule has 0 aliphatic heterocycles. The van der Waals surface area contributed by atoms with E-state index in [4.69, 9.17) is 10.5 Å². The quantitative estimate of drug-likeness (QED) is 0.899. The Morgan fingerprint density at radius 1 is 1.05 bits per heavy atom. The molecule has 2 rings (SSSR count). The van der Waals surface area contributed by atoms with Gasteiger partial charge < -0.3 is 10.5 Å². The fraction of sp³-hybridized carbons (Fsp3) is 0.294. The molecule has 0 aromatic heterocycles. The first-order valence-electron chi connectivity index (χ1n) is 6.61. The first-order chi connectivity index (χ1) is 9.06. The van der Waals surface area contributed by atoms with Crippen molar-refractivity contribution in [3.8, 4) is 5.75 Å². The summed E-state index contributed by atoms with van der Waals surface area (Å²) in [5, 5.41) is 0.